The van der Waals surface area contributed by atoms with Crippen molar-refractivity contribution < 1.29 is 17.9 Å². The second kappa shape index (κ2) is 7.55. The maximum atomic E-state index is 12.9. The van der Waals surface area contributed by atoms with Crippen molar-refractivity contribution in [3.63, 3.8) is 0 Å². The second-order valence-electron chi connectivity index (χ2n) is 5.24. The van der Waals surface area contributed by atoms with E-state index in [9.17, 15) is 8.42 Å². The van der Waals surface area contributed by atoms with E-state index in [1.165, 1.54) is 17.5 Å². The molecule has 5 nitrogen and oxygen atoms in total. The molecule has 0 aliphatic rings. The van der Waals surface area contributed by atoms with Gasteiger partial charge in [0.1, 0.15) is 11.5 Å². The third-order valence-corrected chi connectivity index (χ3v) is 6.48. The molecule has 0 bridgehead atoms. The van der Waals surface area contributed by atoms with E-state index in [2.05, 4.69) is 15.9 Å². The van der Waals surface area contributed by atoms with Gasteiger partial charge in [0.05, 0.1) is 29.6 Å². The first-order chi connectivity index (χ1) is 11.3. The lowest BCUT2D eigenvalue weighted by molar-refractivity contribution is 0.367. The highest BCUT2D eigenvalue weighted by Crippen LogP contribution is 2.33. The normalized spacial score (nSPS) is 12.9. The maximum absolute atomic E-state index is 12.9. The number of sulfonamides is 1. The number of rotatable bonds is 6. The van der Waals surface area contributed by atoms with Crippen molar-refractivity contribution in [1.82, 2.24) is 4.31 Å². The molecule has 0 amide bonds. The molecule has 0 N–H and O–H groups in total. The van der Waals surface area contributed by atoms with Crippen LogP contribution in [-0.4, -0.2) is 34.0 Å². The number of para-hydroxylation sites is 1. The Morgan fingerprint density at radius 3 is 2.25 bits per heavy atom. The minimum atomic E-state index is -3.67. The van der Waals surface area contributed by atoms with Gasteiger partial charge in [-0.05, 0) is 47.1 Å². The van der Waals surface area contributed by atoms with Gasteiger partial charge < -0.3 is 9.47 Å². The summed E-state index contributed by atoms with van der Waals surface area (Å²) >= 11 is 3.33. The van der Waals surface area contributed by atoms with E-state index in [1.807, 2.05) is 31.2 Å². The average molecular weight is 414 g/mol. The molecule has 0 radical (unpaired) electrons. The summed E-state index contributed by atoms with van der Waals surface area (Å²) in [6, 6.07) is 11.7. The van der Waals surface area contributed by atoms with Crippen LogP contribution in [0.4, 0.5) is 0 Å². The highest BCUT2D eigenvalue weighted by atomic mass is 79.9. The van der Waals surface area contributed by atoms with Crippen molar-refractivity contribution in [2.24, 2.45) is 0 Å². The van der Waals surface area contributed by atoms with Crippen molar-refractivity contribution >= 4 is 26.0 Å². The molecule has 130 valence electrons. The van der Waals surface area contributed by atoms with E-state index < -0.39 is 10.0 Å². The molecule has 24 heavy (non-hydrogen) atoms. The van der Waals surface area contributed by atoms with Crippen LogP contribution in [0.1, 0.15) is 18.5 Å². The molecule has 0 unspecified atom stereocenters. The Hall–Kier alpha value is -1.57. The lowest BCUT2D eigenvalue weighted by Crippen LogP contribution is -2.30. The van der Waals surface area contributed by atoms with Gasteiger partial charge in [-0.15, -0.1) is 0 Å². The van der Waals surface area contributed by atoms with Crippen LogP contribution in [0.3, 0.4) is 0 Å². The van der Waals surface area contributed by atoms with Crippen molar-refractivity contribution in [3.8, 4) is 11.5 Å². The smallest absolute Gasteiger partial charge is 0.243 e. The van der Waals surface area contributed by atoms with Gasteiger partial charge in [0.15, 0.2) is 0 Å². The summed E-state index contributed by atoms with van der Waals surface area (Å²) in [5.74, 6) is 1.23. The summed E-state index contributed by atoms with van der Waals surface area (Å²) in [5, 5.41) is 0. The molecule has 0 spiro atoms. The third-order valence-electron chi connectivity index (χ3n) is 3.93. The number of methoxy groups -OCH3 is 2. The molecule has 0 saturated heterocycles. The van der Waals surface area contributed by atoms with Gasteiger partial charge in [-0.2, -0.15) is 4.31 Å². The summed E-state index contributed by atoms with van der Waals surface area (Å²) < 4.78 is 38.3. The zero-order valence-electron chi connectivity index (χ0n) is 14.0. The fourth-order valence-electron chi connectivity index (χ4n) is 2.39. The van der Waals surface area contributed by atoms with Gasteiger partial charge in [0.25, 0.3) is 0 Å². The fourth-order valence-corrected chi connectivity index (χ4v) is 4.45. The Bertz CT molecular complexity index is 823. The van der Waals surface area contributed by atoms with Gasteiger partial charge in [-0.3, -0.25) is 0 Å². The minimum absolute atomic E-state index is 0.194. The molecule has 7 heteroatoms. The topological polar surface area (TPSA) is 55.8 Å². The lowest BCUT2D eigenvalue weighted by Gasteiger charge is -2.26. The quantitative estimate of drug-likeness (QED) is 0.721. The first-order valence-corrected chi connectivity index (χ1v) is 9.50. The standard InChI is InChI=1S/C17H20BrNO4S/c1-12(14-7-5-6-8-16(14)22-3)19(2)24(20,21)13-9-10-17(23-4)15(18)11-13/h5-12H,1-4H3/t12-/m1/s1. The zero-order valence-corrected chi connectivity index (χ0v) is 16.4. The summed E-state index contributed by atoms with van der Waals surface area (Å²) in [7, 11) is 0.995. The molecule has 2 aromatic rings. The van der Waals surface area contributed by atoms with E-state index in [4.69, 9.17) is 9.47 Å². The van der Waals surface area contributed by atoms with Crippen molar-refractivity contribution in [3.05, 3.63) is 52.5 Å². The number of nitrogens with zero attached hydrogens (tertiary/aromatic N) is 1. The van der Waals surface area contributed by atoms with Gasteiger partial charge in [-0.1, -0.05) is 18.2 Å². The highest BCUT2D eigenvalue weighted by molar-refractivity contribution is 9.10. The molecular formula is C17H20BrNO4S. The Morgan fingerprint density at radius 2 is 1.67 bits per heavy atom. The van der Waals surface area contributed by atoms with Crippen LogP contribution in [0.2, 0.25) is 0 Å². The van der Waals surface area contributed by atoms with Crippen LogP contribution in [0.25, 0.3) is 0 Å². The molecule has 0 heterocycles. The fraction of sp³-hybridized carbons (Fsp3) is 0.294. The number of benzene rings is 2. The number of hydrogen-bond donors (Lipinski definition) is 0. The van der Waals surface area contributed by atoms with E-state index in [0.29, 0.717) is 16.0 Å². The number of hydrogen-bond acceptors (Lipinski definition) is 4. The minimum Gasteiger partial charge on any atom is -0.496 e. The van der Waals surface area contributed by atoms with Crippen molar-refractivity contribution in [2.45, 2.75) is 17.9 Å². The third kappa shape index (κ3) is 3.58. The first kappa shape index (κ1) is 18.8. The number of halogens is 1. The SMILES string of the molecule is COc1ccc(S(=O)(=O)N(C)[C@H](C)c2ccccc2OC)cc1Br. The van der Waals surface area contributed by atoms with E-state index in [1.54, 1.807) is 26.3 Å². The molecular weight excluding hydrogens is 394 g/mol. The summed E-state index contributed by atoms with van der Waals surface area (Å²) in [6.07, 6.45) is 0. The van der Waals surface area contributed by atoms with E-state index in [0.717, 1.165) is 5.56 Å². The van der Waals surface area contributed by atoms with Crippen molar-refractivity contribution in [2.75, 3.05) is 21.3 Å². The van der Waals surface area contributed by atoms with Gasteiger partial charge in [-0.25, -0.2) is 8.42 Å². The molecule has 0 aliphatic heterocycles. The van der Waals surface area contributed by atoms with Crippen LogP contribution in [0.15, 0.2) is 51.8 Å². The second-order valence-corrected chi connectivity index (χ2v) is 8.09. The zero-order chi connectivity index (χ0) is 17.9. The van der Waals surface area contributed by atoms with E-state index in [-0.39, 0.29) is 10.9 Å². The Morgan fingerprint density at radius 1 is 1.04 bits per heavy atom. The molecule has 0 aliphatic carbocycles. The van der Waals surface area contributed by atoms with Crippen molar-refractivity contribution in [1.29, 1.82) is 0 Å². The van der Waals surface area contributed by atoms with Gasteiger partial charge >= 0.3 is 0 Å². The molecule has 2 aromatic carbocycles. The highest BCUT2D eigenvalue weighted by Gasteiger charge is 2.28. The largest absolute Gasteiger partial charge is 0.496 e. The molecule has 1 atom stereocenters. The summed E-state index contributed by atoms with van der Waals surface area (Å²) in [5.41, 5.74) is 0.804. The van der Waals surface area contributed by atoms with Crippen LogP contribution >= 0.6 is 15.9 Å². The van der Waals surface area contributed by atoms with Gasteiger partial charge in [0.2, 0.25) is 10.0 Å². The van der Waals surface area contributed by atoms with Crippen LogP contribution in [0.5, 0.6) is 11.5 Å². The Labute approximate surface area is 151 Å². The van der Waals surface area contributed by atoms with Gasteiger partial charge in [0, 0.05) is 12.6 Å². The molecule has 0 saturated carbocycles. The monoisotopic (exact) mass is 413 g/mol. The molecule has 0 fully saturated rings. The predicted molar refractivity (Wildman–Crippen MR) is 97.1 cm³/mol. The molecule has 2 rings (SSSR count). The average Bonchev–Trinajstić information content (AvgIpc) is 2.60. The maximum Gasteiger partial charge on any atom is 0.243 e. The predicted octanol–water partition coefficient (Wildman–Crippen LogP) is 3.85. The Balaban J connectivity index is 2.40. The lowest BCUT2D eigenvalue weighted by atomic mass is 10.1. The molecule has 0 aromatic heterocycles. The van der Waals surface area contributed by atoms with Crippen LogP contribution in [-0.2, 0) is 10.0 Å². The van der Waals surface area contributed by atoms with Crippen LogP contribution < -0.4 is 9.47 Å². The summed E-state index contributed by atoms with van der Waals surface area (Å²) in [6.45, 7) is 1.83. The Kier molecular flexibility index (Phi) is 5.90. The summed E-state index contributed by atoms with van der Waals surface area (Å²) in [4.78, 5) is 0.194. The van der Waals surface area contributed by atoms with E-state index >= 15 is 0 Å². The first-order valence-electron chi connectivity index (χ1n) is 7.27. The number of ether oxygens (including phenoxy) is 2. The van der Waals surface area contributed by atoms with Crippen LogP contribution in [0, 0.1) is 0 Å².